The quantitative estimate of drug-likeness (QED) is 0.566. The van der Waals surface area contributed by atoms with Crippen molar-refractivity contribution >= 4 is 5.84 Å². The van der Waals surface area contributed by atoms with Crippen LogP contribution in [-0.4, -0.2) is 25.6 Å². The minimum Gasteiger partial charge on any atom is -0.382 e. The molecule has 0 saturated heterocycles. The van der Waals surface area contributed by atoms with E-state index in [1.807, 2.05) is 13.8 Å². The summed E-state index contributed by atoms with van der Waals surface area (Å²) in [5, 5.41) is 11.6. The molecule has 0 radical (unpaired) electrons. The number of aryl methyl sites for hydroxylation is 2. The summed E-state index contributed by atoms with van der Waals surface area (Å²) in [7, 11) is 0. The molecule has 0 aromatic carbocycles. The summed E-state index contributed by atoms with van der Waals surface area (Å²) in [6, 6.07) is 3.51. The predicted molar refractivity (Wildman–Crippen MR) is 59.6 cm³/mol. The summed E-state index contributed by atoms with van der Waals surface area (Å²) < 4.78 is 1.70. The lowest BCUT2D eigenvalue weighted by Gasteiger charge is -2.04. The van der Waals surface area contributed by atoms with E-state index < -0.39 is 0 Å². The smallest absolute Gasteiger partial charge is 0.148 e. The number of hydrogen-bond acceptors (Lipinski definition) is 4. The Morgan fingerprint density at radius 2 is 2.19 bits per heavy atom. The molecular formula is C10H12N6. The van der Waals surface area contributed by atoms with Crippen LogP contribution in [0.25, 0.3) is 5.69 Å². The number of nitrogens with one attached hydrogen (secondary N) is 1. The number of nitrogens with two attached hydrogens (primary N) is 1. The number of nitrogens with zero attached hydrogens (tertiary/aromatic N) is 4. The zero-order valence-electron chi connectivity index (χ0n) is 9.10. The molecule has 2 aromatic heterocycles. The third kappa shape index (κ3) is 1.77. The number of nitrogen functional groups attached to an aromatic ring is 1. The Morgan fingerprint density at radius 3 is 2.75 bits per heavy atom. The first-order chi connectivity index (χ1) is 7.58. The third-order valence-electron chi connectivity index (χ3n) is 2.14. The second-order valence-electron chi connectivity index (χ2n) is 3.43. The van der Waals surface area contributed by atoms with Crippen molar-refractivity contribution in [1.82, 2.24) is 19.7 Å². The maximum absolute atomic E-state index is 7.32. The fraction of sp³-hybridized carbons (Fsp3) is 0.200. The summed E-state index contributed by atoms with van der Waals surface area (Å²) in [6.45, 7) is 3.70. The van der Waals surface area contributed by atoms with E-state index in [-0.39, 0.29) is 5.84 Å². The molecule has 2 rings (SSSR count). The molecule has 2 aromatic rings. The van der Waals surface area contributed by atoms with Crippen molar-refractivity contribution in [3.63, 3.8) is 0 Å². The topological polar surface area (TPSA) is 93.5 Å². The van der Waals surface area contributed by atoms with E-state index in [4.69, 9.17) is 11.1 Å². The Balaban J connectivity index is 2.52. The van der Waals surface area contributed by atoms with Crippen LogP contribution in [0.4, 0.5) is 0 Å². The van der Waals surface area contributed by atoms with E-state index >= 15 is 0 Å². The van der Waals surface area contributed by atoms with Gasteiger partial charge < -0.3 is 5.73 Å². The average molecular weight is 216 g/mol. The standard InChI is InChI=1S/C10H12N6/c1-6-14-7(2)16(15-6)8-3-4-13-9(5-8)10(11)12/h3-5H,1-2H3,(H3,11,12). The van der Waals surface area contributed by atoms with Crippen LogP contribution in [0.15, 0.2) is 18.3 Å². The molecule has 3 N–H and O–H groups in total. The van der Waals surface area contributed by atoms with Gasteiger partial charge in [-0.15, -0.1) is 0 Å². The van der Waals surface area contributed by atoms with E-state index in [9.17, 15) is 0 Å². The van der Waals surface area contributed by atoms with Gasteiger partial charge in [0.25, 0.3) is 0 Å². The van der Waals surface area contributed by atoms with Crippen LogP contribution in [0.5, 0.6) is 0 Å². The SMILES string of the molecule is Cc1nc(C)n(-c2ccnc(C(=N)N)c2)n1. The molecule has 2 heterocycles. The molecule has 0 spiro atoms. The number of rotatable bonds is 2. The van der Waals surface area contributed by atoms with Gasteiger partial charge in [-0.25, -0.2) is 9.67 Å². The fourth-order valence-electron chi connectivity index (χ4n) is 1.46. The van der Waals surface area contributed by atoms with Gasteiger partial charge >= 0.3 is 0 Å². The predicted octanol–water partition coefficient (Wildman–Crippen LogP) is 0.563. The fourth-order valence-corrected chi connectivity index (χ4v) is 1.46. The molecule has 0 bridgehead atoms. The Kier molecular flexibility index (Phi) is 2.40. The van der Waals surface area contributed by atoms with E-state index in [1.54, 1.807) is 23.0 Å². The summed E-state index contributed by atoms with van der Waals surface area (Å²) >= 11 is 0. The minimum absolute atomic E-state index is 0.0589. The van der Waals surface area contributed by atoms with Crippen molar-refractivity contribution in [1.29, 1.82) is 5.41 Å². The molecule has 0 aliphatic rings. The lowest BCUT2D eigenvalue weighted by Crippen LogP contribution is -2.13. The van der Waals surface area contributed by atoms with Gasteiger partial charge in [0.1, 0.15) is 23.2 Å². The van der Waals surface area contributed by atoms with Crippen LogP contribution >= 0.6 is 0 Å². The highest BCUT2D eigenvalue weighted by Crippen LogP contribution is 2.09. The van der Waals surface area contributed by atoms with E-state index in [0.717, 1.165) is 11.5 Å². The van der Waals surface area contributed by atoms with Crippen LogP contribution in [-0.2, 0) is 0 Å². The third-order valence-corrected chi connectivity index (χ3v) is 2.14. The second-order valence-corrected chi connectivity index (χ2v) is 3.43. The van der Waals surface area contributed by atoms with Crippen molar-refractivity contribution < 1.29 is 0 Å². The molecule has 0 unspecified atom stereocenters. The Bertz CT molecular complexity index is 542. The maximum atomic E-state index is 7.32. The molecule has 6 nitrogen and oxygen atoms in total. The summed E-state index contributed by atoms with van der Waals surface area (Å²) in [4.78, 5) is 8.20. The number of aromatic nitrogens is 4. The van der Waals surface area contributed by atoms with E-state index in [1.165, 1.54) is 0 Å². The highest BCUT2D eigenvalue weighted by atomic mass is 15.3. The number of amidine groups is 1. The maximum Gasteiger partial charge on any atom is 0.148 e. The summed E-state index contributed by atoms with van der Waals surface area (Å²) in [6.07, 6.45) is 1.60. The first-order valence-electron chi connectivity index (χ1n) is 4.79. The van der Waals surface area contributed by atoms with Crippen molar-refractivity contribution in [3.05, 3.63) is 35.7 Å². The molecule has 16 heavy (non-hydrogen) atoms. The lowest BCUT2D eigenvalue weighted by molar-refractivity contribution is 0.828. The second kappa shape index (κ2) is 3.73. The van der Waals surface area contributed by atoms with Crippen LogP contribution in [0.1, 0.15) is 17.3 Å². The van der Waals surface area contributed by atoms with Gasteiger partial charge in [0.2, 0.25) is 0 Å². The number of pyridine rings is 1. The van der Waals surface area contributed by atoms with Crippen LogP contribution in [0.3, 0.4) is 0 Å². The Labute approximate surface area is 92.7 Å². The molecule has 0 fully saturated rings. The summed E-state index contributed by atoms with van der Waals surface area (Å²) in [5.41, 5.74) is 6.62. The van der Waals surface area contributed by atoms with Crippen LogP contribution < -0.4 is 5.73 Å². The molecule has 0 atom stereocenters. The van der Waals surface area contributed by atoms with Crippen molar-refractivity contribution in [2.75, 3.05) is 0 Å². The average Bonchev–Trinajstić information content (AvgIpc) is 2.58. The van der Waals surface area contributed by atoms with Crippen molar-refractivity contribution in [3.8, 4) is 5.69 Å². The minimum atomic E-state index is -0.0589. The lowest BCUT2D eigenvalue weighted by atomic mass is 10.3. The summed E-state index contributed by atoms with van der Waals surface area (Å²) in [5.74, 6) is 1.44. The van der Waals surface area contributed by atoms with Crippen LogP contribution in [0, 0.1) is 19.3 Å². The van der Waals surface area contributed by atoms with Crippen LogP contribution in [0.2, 0.25) is 0 Å². The highest BCUT2D eigenvalue weighted by Gasteiger charge is 2.06. The molecule has 0 amide bonds. The molecule has 6 heteroatoms. The zero-order chi connectivity index (χ0) is 11.7. The van der Waals surface area contributed by atoms with Gasteiger partial charge in [-0.1, -0.05) is 0 Å². The molecule has 0 aliphatic heterocycles. The first kappa shape index (κ1) is 10.3. The van der Waals surface area contributed by atoms with Gasteiger partial charge in [-0.2, -0.15) is 5.10 Å². The Hall–Kier alpha value is -2.24. The monoisotopic (exact) mass is 216 g/mol. The Morgan fingerprint density at radius 1 is 1.44 bits per heavy atom. The molecule has 0 aliphatic carbocycles. The highest BCUT2D eigenvalue weighted by molar-refractivity contribution is 5.93. The van der Waals surface area contributed by atoms with E-state index in [0.29, 0.717) is 11.5 Å². The normalized spacial score (nSPS) is 10.4. The first-order valence-corrected chi connectivity index (χ1v) is 4.79. The van der Waals surface area contributed by atoms with Gasteiger partial charge in [0, 0.05) is 6.20 Å². The van der Waals surface area contributed by atoms with Crippen molar-refractivity contribution in [2.24, 2.45) is 5.73 Å². The molecule has 82 valence electrons. The van der Waals surface area contributed by atoms with Gasteiger partial charge in [0.05, 0.1) is 5.69 Å². The van der Waals surface area contributed by atoms with Gasteiger partial charge in [0.15, 0.2) is 0 Å². The van der Waals surface area contributed by atoms with Gasteiger partial charge in [-0.3, -0.25) is 10.4 Å². The van der Waals surface area contributed by atoms with E-state index in [2.05, 4.69) is 15.1 Å². The van der Waals surface area contributed by atoms with Crippen molar-refractivity contribution in [2.45, 2.75) is 13.8 Å². The molecular weight excluding hydrogens is 204 g/mol. The zero-order valence-corrected chi connectivity index (χ0v) is 9.10. The van der Waals surface area contributed by atoms with Gasteiger partial charge in [-0.05, 0) is 26.0 Å². The largest absolute Gasteiger partial charge is 0.382 e. The molecule has 0 saturated carbocycles. The number of hydrogen-bond donors (Lipinski definition) is 2.